The molecule has 86 valence electrons. The highest BCUT2D eigenvalue weighted by Crippen LogP contribution is 2.45. The highest BCUT2D eigenvalue weighted by Gasteiger charge is 2.49. The van der Waals surface area contributed by atoms with Crippen molar-refractivity contribution in [1.29, 1.82) is 0 Å². The van der Waals surface area contributed by atoms with Crippen LogP contribution in [-0.4, -0.2) is 31.0 Å². The van der Waals surface area contributed by atoms with Crippen LogP contribution in [0, 0.1) is 0 Å². The first-order valence-corrected chi connectivity index (χ1v) is 5.22. The molecule has 2 heterocycles. The van der Waals surface area contributed by atoms with E-state index < -0.39 is 5.79 Å². The van der Waals surface area contributed by atoms with Gasteiger partial charge in [0.05, 0.1) is 18.3 Å². The Balaban J connectivity index is 1.97. The third-order valence-electron chi connectivity index (χ3n) is 2.92. The van der Waals surface area contributed by atoms with Gasteiger partial charge in [0.15, 0.2) is 0 Å². The summed E-state index contributed by atoms with van der Waals surface area (Å²) in [6.07, 6.45) is -0.0941. The lowest BCUT2D eigenvalue weighted by Gasteiger charge is -2.20. The first-order chi connectivity index (χ1) is 7.73. The maximum atomic E-state index is 9.34. The summed E-state index contributed by atoms with van der Waals surface area (Å²) in [5.41, 5.74) is 6.36. The number of phenolic OH excluding ortho intramolecular Hbond substituents is 1. The molecular weight excluding hydrogens is 210 g/mol. The molecule has 2 unspecified atom stereocenters. The van der Waals surface area contributed by atoms with Crippen LogP contribution in [0.5, 0.6) is 11.5 Å². The van der Waals surface area contributed by atoms with Crippen LogP contribution < -0.4 is 10.5 Å². The van der Waals surface area contributed by atoms with Crippen LogP contribution in [-0.2, 0) is 15.3 Å². The third-order valence-corrected chi connectivity index (χ3v) is 2.92. The molecular formula is C11H13NO4. The summed E-state index contributed by atoms with van der Waals surface area (Å²) in [7, 11) is 0. The first kappa shape index (κ1) is 9.89. The molecule has 0 aromatic heterocycles. The summed E-state index contributed by atoms with van der Waals surface area (Å²) in [6.45, 7) is 1.21. The molecule has 1 aromatic rings. The summed E-state index contributed by atoms with van der Waals surface area (Å²) >= 11 is 0. The van der Waals surface area contributed by atoms with Gasteiger partial charge in [-0.2, -0.15) is 0 Å². The van der Waals surface area contributed by atoms with Gasteiger partial charge in [-0.1, -0.05) is 0 Å². The molecule has 16 heavy (non-hydrogen) atoms. The van der Waals surface area contributed by atoms with Crippen molar-refractivity contribution >= 4 is 0 Å². The van der Waals surface area contributed by atoms with Crippen LogP contribution in [0.4, 0.5) is 0 Å². The van der Waals surface area contributed by atoms with Gasteiger partial charge in [-0.3, -0.25) is 0 Å². The first-order valence-electron chi connectivity index (χ1n) is 5.22. The van der Waals surface area contributed by atoms with Crippen LogP contribution in [0.25, 0.3) is 0 Å². The number of aromatic hydroxyl groups is 1. The van der Waals surface area contributed by atoms with Crippen molar-refractivity contribution in [3.8, 4) is 11.5 Å². The molecule has 2 atom stereocenters. The van der Waals surface area contributed by atoms with Crippen LogP contribution >= 0.6 is 0 Å². The topological polar surface area (TPSA) is 73.9 Å². The second-order valence-electron chi connectivity index (χ2n) is 4.01. The molecule has 0 amide bonds. The van der Waals surface area contributed by atoms with Crippen LogP contribution in [0.15, 0.2) is 18.2 Å². The van der Waals surface area contributed by atoms with Gasteiger partial charge in [0, 0.05) is 12.6 Å². The highest BCUT2D eigenvalue weighted by atomic mass is 16.8. The van der Waals surface area contributed by atoms with Crippen molar-refractivity contribution in [3.05, 3.63) is 23.8 Å². The van der Waals surface area contributed by atoms with Gasteiger partial charge < -0.3 is 25.1 Å². The molecule has 1 aromatic carbocycles. The Bertz CT molecular complexity index is 422. The van der Waals surface area contributed by atoms with E-state index in [1.807, 2.05) is 0 Å². The number of rotatable bonds is 1. The minimum absolute atomic E-state index is 0.0941. The quantitative estimate of drug-likeness (QED) is 0.716. The van der Waals surface area contributed by atoms with E-state index in [9.17, 15) is 5.11 Å². The average molecular weight is 223 g/mol. The SMILES string of the molecule is NCC1COC2(COc3cc(O)ccc32)O1. The van der Waals surface area contributed by atoms with Crippen molar-refractivity contribution in [2.45, 2.75) is 11.9 Å². The van der Waals surface area contributed by atoms with E-state index in [1.54, 1.807) is 18.2 Å². The number of ether oxygens (including phenoxy) is 3. The van der Waals surface area contributed by atoms with Crippen molar-refractivity contribution in [2.24, 2.45) is 5.73 Å². The molecule has 2 aliphatic heterocycles. The second-order valence-corrected chi connectivity index (χ2v) is 4.01. The number of hydrogen-bond acceptors (Lipinski definition) is 5. The molecule has 3 N–H and O–H groups in total. The lowest BCUT2D eigenvalue weighted by atomic mass is 10.1. The van der Waals surface area contributed by atoms with E-state index in [4.69, 9.17) is 19.9 Å². The summed E-state index contributed by atoms with van der Waals surface area (Å²) in [6, 6.07) is 4.92. The summed E-state index contributed by atoms with van der Waals surface area (Å²) in [5.74, 6) is -0.0468. The maximum absolute atomic E-state index is 9.34. The normalized spacial score (nSPS) is 31.7. The van der Waals surface area contributed by atoms with Gasteiger partial charge in [-0.15, -0.1) is 0 Å². The summed E-state index contributed by atoms with van der Waals surface area (Å²) in [4.78, 5) is 0. The van der Waals surface area contributed by atoms with Crippen molar-refractivity contribution in [1.82, 2.24) is 0 Å². The zero-order chi connectivity index (χ0) is 11.2. The smallest absolute Gasteiger partial charge is 0.234 e. The van der Waals surface area contributed by atoms with Crippen LogP contribution in [0.1, 0.15) is 5.56 Å². The molecule has 1 spiro atoms. The fourth-order valence-electron chi connectivity index (χ4n) is 2.09. The molecule has 5 nitrogen and oxygen atoms in total. The van der Waals surface area contributed by atoms with Gasteiger partial charge in [0.2, 0.25) is 5.79 Å². The number of hydrogen-bond donors (Lipinski definition) is 2. The van der Waals surface area contributed by atoms with E-state index in [0.717, 1.165) is 5.56 Å². The number of phenols is 1. The highest BCUT2D eigenvalue weighted by molar-refractivity contribution is 5.45. The molecule has 0 saturated carbocycles. The predicted octanol–water partition coefficient (Wildman–Crippen LogP) is 0.311. The van der Waals surface area contributed by atoms with Gasteiger partial charge >= 0.3 is 0 Å². The molecule has 5 heteroatoms. The lowest BCUT2D eigenvalue weighted by Crippen LogP contribution is -2.31. The summed E-state index contributed by atoms with van der Waals surface area (Å²) < 4.78 is 16.9. The van der Waals surface area contributed by atoms with Crippen LogP contribution in [0.3, 0.4) is 0 Å². The van der Waals surface area contributed by atoms with Crippen molar-refractivity contribution in [3.63, 3.8) is 0 Å². The zero-order valence-corrected chi connectivity index (χ0v) is 8.68. The molecule has 1 fully saturated rings. The Morgan fingerprint density at radius 2 is 2.38 bits per heavy atom. The number of benzene rings is 1. The zero-order valence-electron chi connectivity index (χ0n) is 8.68. The van der Waals surface area contributed by atoms with Crippen LogP contribution in [0.2, 0.25) is 0 Å². The van der Waals surface area contributed by atoms with E-state index >= 15 is 0 Å². The fraction of sp³-hybridized carbons (Fsp3) is 0.455. The third kappa shape index (κ3) is 1.29. The Hall–Kier alpha value is -1.30. The molecule has 0 bridgehead atoms. The number of nitrogens with two attached hydrogens (primary N) is 1. The Kier molecular flexibility index (Phi) is 2.07. The minimum atomic E-state index is -0.826. The molecule has 2 aliphatic rings. The molecule has 0 aliphatic carbocycles. The van der Waals surface area contributed by atoms with E-state index in [-0.39, 0.29) is 11.9 Å². The Labute approximate surface area is 92.7 Å². The van der Waals surface area contributed by atoms with Gasteiger partial charge in [-0.05, 0) is 12.1 Å². The van der Waals surface area contributed by atoms with E-state index in [0.29, 0.717) is 25.5 Å². The molecule has 0 radical (unpaired) electrons. The fourth-order valence-corrected chi connectivity index (χ4v) is 2.09. The van der Waals surface area contributed by atoms with Crippen molar-refractivity contribution < 1.29 is 19.3 Å². The van der Waals surface area contributed by atoms with Gasteiger partial charge in [-0.25, -0.2) is 0 Å². The van der Waals surface area contributed by atoms with E-state index in [2.05, 4.69) is 0 Å². The standard InChI is InChI=1S/C11H13NO4/c12-4-8-5-15-11(16-8)6-14-10-3-7(13)1-2-9(10)11/h1-3,8,13H,4-6,12H2. The second kappa shape index (κ2) is 3.35. The maximum Gasteiger partial charge on any atom is 0.234 e. The van der Waals surface area contributed by atoms with Gasteiger partial charge in [0.25, 0.3) is 0 Å². The lowest BCUT2D eigenvalue weighted by molar-refractivity contribution is -0.180. The Morgan fingerprint density at radius 3 is 3.12 bits per heavy atom. The molecule has 1 saturated heterocycles. The molecule has 3 rings (SSSR count). The predicted molar refractivity (Wildman–Crippen MR) is 55.2 cm³/mol. The summed E-state index contributed by atoms with van der Waals surface area (Å²) in [5, 5.41) is 9.34. The van der Waals surface area contributed by atoms with E-state index in [1.165, 1.54) is 0 Å². The monoisotopic (exact) mass is 223 g/mol. The number of fused-ring (bicyclic) bond motifs is 2. The van der Waals surface area contributed by atoms with Crippen molar-refractivity contribution in [2.75, 3.05) is 19.8 Å². The van der Waals surface area contributed by atoms with Gasteiger partial charge in [0.1, 0.15) is 18.1 Å². The Morgan fingerprint density at radius 1 is 1.50 bits per heavy atom. The average Bonchev–Trinajstić information content (AvgIpc) is 2.85. The largest absolute Gasteiger partial charge is 0.508 e. The minimum Gasteiger partial charge on any atom is -0.508 e.